The molecule has 2 heteroatoms. The van der Waals surface area contributed by atoms with Crippen LogP contribution in [-0.4, -0.2) is 4.57 Å². The van der Waals surface area contributed by atoms with Crippen LogP contribution in [0.1, 0.15) is 12.4 Å². The zero-order chi connectivity index (χ0) is 14.2. The van der Waals surface area contributed by atoms with Crippen molar-refractivity contribution in [3.05, 3.63) is 64.5 Å². The van der Waals surface area contributed by atoms with E-state index in [9.17, 15) is 4.79 Å². The molecule has 0 aliphatic rings. The number of benzene rings is 1. The Balaban J connectivity index is 2.81. The van der Waals surface area contributed by atoms with Crippen LogP contribution >= 0.6 is 0 Å². The van der Waals surface area contributed by atoms with E-state index >= 15 is 0 Å². The van der Waals surface area contributed by atoms with Gasteiger partial charge in [-0.3, -0.25) is 9.36 Å². The van der Waals surface area contributed by atoms with Gasteiger partial charge >= 0.3 is 0 Å². The van der Waals surface area contributed by atoms with E-state index < -0.39 is 30.2 Å². The second-order valence-corrected chi connectivity index (χ2v) is 2.78. The molecule has 0 saturated carbocycles. The fraction of sp³-hybridized carbons (Fsp3) is 0.0833. The number of rotatable bonds is 1. The average Bonchev–Trinajstić information content (AvgIpc) is 2.27. The van der Waals surface area contributed by atoms with Crippen molar-refractivity contribution < 1.29 is 6.85 Å². The molecule has 0 bridgehead atoms. The number of pyridine rings is 1. The van der Waals surface area contributed by atoms with Crippen molar-refractivity contribution in [3.63, 3.8) is 0 Å². The highest BCUT2D eigenvalue weighted by atomic mass is 16.1. The highest BCUT2D eigenvalue weighted by molar-refractivity contribution is 5.32. The predicted molar refractivity (Wildman–Crippen MR) is 56.8 cm³/mol. The summed E-state index contributed by atoms with van der Waals surface area (Å²) >= 11 is 0. The number of aromatic nitrogens is 1. The number of nitrogens with zero attached hydrogens (tertiary/aromatic N) is 1. The van der Waals surface area contributed by atoms with E-state index in [2.05, 4.69) is 0 Å². The summed E-state index contributed by atoms with van der Waals surface area (Å²) < 4.78 is 38.6. The Morgan fingerprint density at radius 3 is 2.79 bits per heavy atom. The third-order valence-electron chi connectivity index (χ3n) is 1.80. The first-order valence-corrected chi connectivity index (χ1v) is 4.11. The van der Waals surface area contributed by atoms with Crippen molar-refractivity contribution in [2.24, 2.45) is 0 Å². The van der Waals surface area contributed by atoms with Gasteiger partial charge in [0, 0.05) is 22.0 Å². The zero-order valence-corrected chi connectivity index (χ0v) is 7.32. The molecule has 0 amide bonds. The van der Waals surface area contributed by atoms with Gasteiger partial charge in [0.05, 0.1) is 2.74 Å². The lowest BCUT2D eigenvalue weighted by Crippen LogP contribution is -2.16. The summed E-state index contributed by atoms with van der Waals surface area (Å²) in [6.07, 6.45) is -0.469. The predicted octanol–water partition coefficient (Wildman–Crippen LogP) is 2.15. The second kappa shape index (κ2) is 3.50. The minimum absolute atomic E-state index is 0.406. The molecule has 2 aromatic rings. The number of hydrogen-bond donors (Lipinski definition) is 0. The average molecular weight is 190 g/mol. The second-order valence-electron chi connectivity index (χ2n) is 2.78. The summed E-state index contributed by atoms with van der Waals surface area (Å²) in [5.41, 5.74) is -0.604. The largest absolute Gasteiger partial charge is 0.284 e. The van der Waals surface area contributed by atoms with Crippen molar-refractivity contribution in [1.82, 2.24) is 4.57 Å². The van der Waals surface area contributed by atoms with Crippen LogP contribution in [0.4, 0.5) is 0 Å². The standard InChI is InChI=1S/C12H11NO/c1-10-7-8-12(14)13(9-10)11-5-3-2-4-6-11/h2-9H,1H3/i1D3,7D,9D. The summed E-state index contributed by atoms with van der Waals surface area (Å²) in [6, 6.07) is 8.82. The van der Waals surface area contributed by atoms with Gasteiger partial charge in [-0.15, -0.1) is 0 Å². The highest BCUT2D eigenvalue weighted by Gasteiger charge is 1.97. The molecule has 0 unspecified atom stereocenters. The van der Waals surface area contributed by atoms with Crippen LogP contribution in [-0.2, 0) is 0 Å². The van der Waals surface area contributed by atoms with Gasteiger partial charge in [-0.05, 0) is 24.5 Å². The maximum Gasteiger partial charge on any atom is 0.255 e. The molecule has 14 heavy (non-hydrogen) atoms. The molecule has 2 rings (SSSR count). The summed E-state index contributed by atoms with van der Waals surface area (Å²) in [4.78, 5) is 11.9. The van der Waals surface area contributed by atoms with Crippen molar-refractivity contribution >= 4 is 0 Å². The quantitative estimate of drug-likeness (QED) is 0.675. The van der Waals surface area contributed by atoms with E-state index in [0.717, 1.165) is 10.6 Å². The molecular weight excluding hydrogens is 174 g/mol. The number of para-hydroxylation sites is 1. The summed E-state index contributed by atoms with van der Waals surface area (Å²) in [5, 5.41) is 0. The monoisotopic (exact) mass is 190 g/mol. The van der Waals surface area contributed by atoms with E-state index in [1.807, 2.05) is 0 Å². The molecule has 0 atom stereocenters. The molecule has 0 fully saturated rings. The normalized spacial score (nSPS) is 16.1. The van der Waals surface area contributed by atoms with Crippen molar-refractivity contribution in [1.29, 1.82) is 0 Å². The van der Waals surface area contributed by atoms with E-state index in [4.69, 9.17) is 6.85 Å². The Morgan fingerprint density at radius 1 is 1.29 bits per heavy atom. The lowest BCUT2D eigenvalue weighted by Gasteiger charge is -2.05. The van der Waals surface area contributed by atoms with Crippen LogP contribution in [0.3, 0.4) is 0 Å². The summed E-state index contributed by atoms with van der Waals surface area (Å²) in [7, 11) is 0. The van der Waals surface area contributed by atoms with Gasteiger partial charge in [-0.25, -0.2) is 0 Å². The lowest BCUT2D eigenvalue weighted by atomic mass is 10.3. The van der Waals surface area contributed by atoms with Gasteiger partial charge in [0.15, 0.2) is 0 Å². The molecule has 0 aliphatic heterocycles. The van der Waals surface area contributed by atoms with Gasteiger partial charge in [0.1, 0.15) is 0 Å². The minimum Gasteiger partial charge on any atom is -0.284 e. The smallest absolute Gasteiger partial charge is 0.255 e. The molecule has 2 nitrogen and oxygen atoms in total. The van der Waals surface area contributed by atoms with Gasteiger partial charge in [-0.2, -0.15) is 0 Å². The van der Waals surface area contributed by atoms with Crippen molar-refractivity contribution in [2.75, 3.05) is 0 Å². The molecule has 0 radical (unpaired) electrons. The van der Waals surface area contributed by atoms with Crippen LogP contribution in [0.15, 0.2) is 53.4 Å². The maximum atomic E-state index is 11.9. The molecule has 0 saturated heterocycles. The summed E-state index contributed by atoms with van der Waals surface area (Å²) in [6.45, 7) is -2.60. The molecule has 70 valence electrons. The third kappa shape index (κ3) is 1.59. The number of hydrogen-bond acceptors (Lipinski definition) is 1. The van der Waals surface area contributed by atoms with Crippen molar-refractivity contribution in [2.45, 2.75) is 6.85 Å². The molecule has 0 N–H and O–H groups in total. The Labute approximate surface area is 89.5 Å². The van der Waals surface area contributed by atoms with Crippen LogP contribution < -0.4 is 5.56 Å². The van der Waals surface area contributed by atoms with Gasteiger partial charge in [-0.1, -0.05) is 24.2 Å². The lowest BCUT2D eigenvalue weighted by molar-refractivity contribution is 0.976. The molecule has 1 heterocycles. The first-order chi connectivity index (χ1) is 8.82. The minimum atomic E-state index is -2.60. The van der Waals surface area contributed by atoms with E-state index in [1.54, 1.807) is 30.3 Å². The highest BCUT2D eigenvalue weighted by Crippen LogP contribution is 2.04. The topological polar surface area (TPSA) is 22.0 Å². The Kier molecular flexibility index (Phi) is 1.15. The van der Waals surface area contributed by atoms with E-state index in [1.165, 1.54) is 0 Å². The van der Waals surface area contributed by atoms with Gasteiger partial charge in [0.2, 0.25) is 0 Å². The van der Waals surface area contributed by atoms with E-state index in [0.29, 0.717) is 5.69 Å². The van der Waals surface area contributed by atoms with Crippen LogP contribution in [0.2, 0.25) is 0 Å². The first kappa shape index (κ1) is 4.60. The van der Waals surface area contributed by atoms with E-state index in [-0.39, 0.29) is 0 Å². The van der Waals surface area contributed by atoms with Crippen LogP contribution in [0.25, 0.3) is 5.69 Å². The fourth-order valence-electron chi connectivity index (χ4n) is 1.17. The fourth-order valence-corrected chi connectivity index (χ4v) is 1.17. The molecular formula is C12H11NO. The van der Waals surface area contributed by atoms with Crippen LogP contribution in [0.5, 0.6) is 0 Å². The van der Waals surface area contributed by atoms with Gasteiger partial charge < -0.3 is 0 Å². The SMILES string of the molecule is [2H]c1cc(=O)n(-c2ccccc2)c([2H])c1C([2H])([2H])[2H]. The molecule has 1 aromatic heterocycles. The van der Waals surface area contributed by atoms with Crippen LogP contribution in [0, 0.1) is 6.85 Å². The van der Waals surface area contributed by atoms with Crippen molar-refractivity contribution in [3.8, 4) is 5.69 Å². The Bertz CT molecular complexity index is 660. The molecule has 0 aliphatic carbocycles. The first-order valence-electron chi connectivity index (χ1n) is 6.61. The summed E-state index contributed by atoms with van der Waals surface area (Å²) in [5.74, 6) is 0. The third-order valence-corrected chi connectivity index (χ3v) is 1.80. The molecule has 0 spiro atoms. The Hall–Kier alpha value is -1.83. The molecule has 1 aromatic carbocycles. The maximum absolute atomic E-state index is 11.9. The van der Waals surface area contributed by atoms with Gasteiger partial charge in [0.25, 0.3) is 5.56 Å². The Morgan fingerprint density at radius 2 is 2.07 bits per heavy atom. The zero-order valence-electron chi connectivity index (χ0n) is 12.3.